The first-order valence-electron chi connectivity index (χ1n) is 17.1. The Balaban J connectivity index is 1.24. The molecule has 2 aliphatic rings. The van der Waals surface area contributed by atoms with Crippen LogP contribution in [0.15, 0.2) is 73.3 Å². The molecule has 0 aromatic heterocycles. The number of nitrogens with zero attached hydrogens (tertiary/aromatic N) is 4. The summed E-state index contributed by atoms with van der Waals surface area (Å²) in [5.41, 5.74) is 19.4. The molecule has 2 aliphatic heterocycles. The Labute approximate surface area is 287 Å². The molecule has 0 radical (unpaired) electrons. The molecule has 0 unspecified atom stereocenters. The summed E-state index contributed by atoms with van der Waals surface area (Å²) in [6, 6.07) is 17.9. The summed E-state index contributed by atoms with van der Waals surface area (Å²) in [5, 5.41) is 0. The first-order chi connectivity index (χ1) is 22.8. The minimum absolute atomic E-state index is 0.225. The molecule has 4 aromatic carbocycles. The van der Waals surface area contributed by atoms with Crippen molar-refractivity contribution in [2.75, 3.05) is 32.9 Å². The summed E-state index contributed by atoms with van der Waals surface area (Å²) < 4.78 is 0. The number of carbonyl (C=O) groups excluding carboxylic acids is 1. The van der Waals surface area contributed by atoms with Crippen LogP contribution in [0.25, 0.3) is 0 Å². The zero-order chi connectivity index (χ0) is 34.4. The summed E-state index contributed by atoms with van der Waals surface area (Å²) >= 11 is 0. The van der Waals surface area contributed by atoms with Gasteiger partial charge in [0.25, 0.3) is 0 Å². The van der Waals surface area contributed by atoms with Crippen molar-refractivity contribution in [1.82, 2.24) is 0 Å². The zero-order valence-electron chi connectivity index (χ0n) is 30.5. The van der Waals surface area contributed by atoms with Crippen molar-refractivity contribution in [3.63, 3.8) is 0 Å². The van der Waals surface area contributed by atoms with E-state index in [-0.39, 0.29) is 5.78 Å². The van der Waals surface area contributed by atoms with Gasteiger partial charge in [0.2, 0.25) is 0 Å². The molecule has 4 aromatic rings. The number of anilines is 4. The average Bonchev–Trinajstić information content (AvgIpc) is 3.62. The highest BCUT2D eigenvalue weighted by Crippen LogP contribution is 2.37. The van der Waals surface area contributed by atoms with E-state index < -0.39 is 0 Å². The molecule has 5 nitrogen and oxygen atoms in total. The van der Waals surface area contributed by atoms with Crippen LogP contribution < -0.4 is 19.6 Å². The number of ketones is 1. The van der Waals surface area contributed by atoms with Crippen LogP contribution >= 0.6 is 0 Å². The van der Waals surface area contributed by atoms with Crippen LogP contribution in [0, 0.1) is 69.2 Å². The highest BCUT2D eigenvalue weighted by molar-refractivity contribution is 5.87. The first-order valence-corrected chi connectivity index (χ1v) is 17.1. The highest BCUT2D eigenvalue weighted by Gasteiger charge is 2.26. The van der Waals surface area contributed by atoms with E-state index in [1.54, 1.807) is 0 Å². The van der Waals surface area contributed by atoms with Gasteiger partial charge in [-0.3, -0.25) is 4.79 Å². The predicted octanol–water partition coefficient (Wildman–Crippen LogP) is 9.64. The van der Waals surface area contributed by atoms with Crippen LogP contribution in [0.1, 0.15) is 66.8 Å². The smallest absolute Gasteiger partial charge is 0.141 e. The van der Waals surface area contributed by atoms with Crippen molar-refractivity contribution in [2.45, 2.75) is 82.1 Å². The summed E-state index contributed by atoms with van der Waals surface area (Å²) in [5.74, 6) is 0.225. The Morgan fingerprint density at radius 1 is 0.417 bits per heavy atom. The minimum Gasteiger partial charge on any atom is -0.328 e. The molecule has 0 fully saturated rings. The molecule has 248 valence electrons. The second-order valence-corrected chi connectivity index (χ2v) is 14.3. The van der Waals surface area contributed by atoms with Crippen LogP contribution in [0.3, 0.4) is 0 Å². The topological polar surface area (TPSA) is 30.0 Å². The average molecular weight is 639 g/mol. The van der Waals surface area contributed by atoms with Crippen molar-refractivity contribution in [1.29, 1.82) is 0 Å². The van der Waals surface area contributed by atoms with Crippen LogP contribution in [-0.2, 0) is 17.6 Å². The number of carbonyl (C=O) groups is 1. The van der Waals surface area contributed by atoms with Gasteiger partial charge in [0.05, 0.1) is 13.3 Å². The van der Waals surface area contributed by atoms with Crippen molar-refractivity contribution >= 4 is 28.5 Å². The fourth-order valence-corrected chi connectivity index (χ4v) is 8.35. The third-order valence-corrected chi connectivity index (χ3v) is 9.70. The number of hydrogen-bond donors (Lipinski definition) is 0. The molecule has 0 amide bonds. The third-order valence-electron chi connectivity index (χ3n) is 9.70. The number of aryl methyl sites for hydroxylation is 10. The third kappa shape index (κ3) is 6.51. The van der Waals surface area contributed by atoms with Gasteiger partial charge >= 0.3 is 0 Å². The van der Waals surface area contributed by atoms with Gasteiger partial charge in [-0.25, -0.2) is 0 Å². The molecule has 0 N–H and O–H groups in total. The maximum absolute atomic E-state index is 14.1. The molecule has 0 aliphatic carbocycles. The van der Waals surface area contributed by atoms with Gasteiger partial charge in [-0.2, -0.15) is 0 Å². The van der Waals surface area contributed by atoms with Crippen LogP contribution in [0.2, 0.25) is 0 Å². The van der Waals surface area contributed by atoms with Gasteiger partial charge in [-0.15, -0.1) is 0 Å². The van der Waals surface area contributed by atoms with E-state index in [4.69, 9.17) is 0 Å². The molecule has 6 rings (SSSR count). The fraction of sp³-hybridized carbons (Fsp3) is 0.326. The Kier molecular flexibility index (Phi) is 9.00. The monoisotopic (exact) mass is 638 g/mol. The number of rotatable bonds is 8. The van der Waals surface area contributed by atoms with Gasteiger partial charge in [0, 0.05) is 60.4 Å². The largest absolute Gasteiger partial charge is 0.328 e. The van der Waals surface area contributed by atoms with E-state index in [1.807, 2.05) is 0 Å². The lowest BCUT2D eigenvalue weighted by Crippen LogP contribution is -2.28. The van der Waals surface area contributed by atoms with Crippen LogP contribution in [-0.4, -0.2) is 19.1 Å². The van der Waals surface area contributed by atoms with Crippen molar-refractivity contribution in [3.05, 3.63) is 140 Å². The van der Waals surface area contributed by atoms with Crippen molar-refractivity contribution in [2.24, 2.45) is 0 Å². The minimum atomic E-state index is 0.225. The van der Waals surface area contributed by atoms with E-state index in [0.717, 1.165) is 35.8 Å². The maximum atomic E-state index is 14.1. The van der Waals surface area contributed by atoms with E-state index >= 15 is 0 Å². The lowest BCUT2D eigenvalue weighted by atomic mass is 9.94. The Hall–Kier alpha value is -4.77. The summed E-state index contributed by atoms with van der Waals surface area (Å²) in [6.07, 6.45) is 9.44. The normalized spacial score (nSPS) is 14.2. The SMILES string of the molecule is Cc1cc(C)c(N2C=CN(c3c(C)cc(C)cc3CC(=O)Cc3cc(C)cc(C)c3N3C=CN(c4c(C)cc(C)cc4C)C3)C2)c(C)c1. The maximum Gasteiger partial charge on any atom is 0.141 e. The Bertz CT molecular complexity index is 1800. The molecule has 48 heavy (non-hydrogen) atoms. The lowest BCUT2D eigenvalue weighted by Gasteiger charge is -2.28. The molecule has 0 spiro atoms. The van der Waals surface area contributed by atoms with Gasteiger partial charge in [0.15, 0.2) is 0 Å². The van der Waals surface area contributed by atoms with Gasteiger partial charge in [0.1, 0.15) is 5.78 Å². The van der Waals surface area contributed by atoms with Gasteiger partial charge in [-0.05, 0) is 114 Å². The Morgan fingerprint density at radius 2 is 0.667 bits per heavy atom. The zero-order valence-corrected chi connectivity index (χ0v) is 30.5. The van der Waals surface area contributed by atoms with Gasteiger partial charge < -0.3 is 19.6 Å². The van der Waals surface area contributed by atoms with E-state index in [9.17, 15) is 4.79 Å². The van der Waals surface area contributed by atoms with E-state index in [1.165, 1.54) is 67.0 Å². The Morgan fingerprint density at radius 3 is 0.979 bits per heavy atom. The van der Waals surface area contributed by atoms with E-state index in [2.05, 4.69) is 162 Å². The van der Waals surface area contributed by atoms with E-state index in [0.29, 0.717) is 12.8 Å². The lowest BCUT2D eigenvalue weighted by molar-refractivity contribution is -0.117. The number of Topliss-reactive ketones (excluding diaryl/α,β-unsaturated/α-hetero) is 1. The first kappa shape index (κ1) is 33.1. The number of hydrogen-bond acceptors (Lipinski definition) is 5. The molecular weight excluding hydrogens is 589 g/mol. The fourth-order valence-electron chi connectivity index (χ4n) is 8.35. The quantitative estimate of drug-likeness (QED) is 0.192. The molecule has 0 atom stereocenters. The molecule has 0 saturated carbocycles. The molecule has 5 heteroatoms. The van der Waals surface area contributed by atoms with Crippen LogP contribution in [0.4, 0.5) is 22.7 Å². The summed E-state index contributed by atoms with van der Waals surface area (Å²) in [7, 11) is 0. The standard InChI is InChI=1S/C43H50N4O/c1-27-15-31(5)40(32(6)16-27)44-11-13-46(25-44)42-35(9)19-29(3)21-37(42)23-39(48)24-38-22-30(4)20-36(10)43(38)47-14-12-45(26-47)41-33(7)17-28(2)18-34(41)8/h11-22H,23-26H2,1-10H3. The van der Waals surface area contributed by atoms with Crippen LogP contribution in [0.5, 0.6) is 0 Å². The molecule has 0 bridgehead atoms. The van der Waals surface area contributed by atoms with Crippen molar-refractivity contribution < 1.29 is 4.79 Å². The number of benzene rings is 4. The second kappa shape index (κ2) is 13.0. The molecule has 2 heterocycles. The summed E-state index contributed by atoms with van der Waals surface area (Å²) in [6.45, 7) is 23.1. The summed E-state index contributed by atoms with van der Waals surface area (Å²) in [4.78, 5) is 23.3. The highest BCUT2D eigenvalue weighted by atomic mass is 16.1. The molecule has 0 saturated heterocycles. The van der Waals surface area contributed by atoms with Gasteiger partial charge in [-0.1, -0.05) is 70.8 Å². The molecular formula is C43H50N4O. The second-order valence-electron chi connectivity index (χ2n) is 14.3. The van der Waals surface area contributed by atoms with Crippen molar-refractivity contribution in [3.8, 4) is 0 Å². The predicted molar refractivity (Wildman–Crippen MR) is 203 cm³/mol.